The number of carbonyl (C=O) groups is 2. The summed E-state index contributed by atoms with van der Waals surface area (Å²) in [6.07, 6.45) is 0. The molecule has 0 radical (unpaired) electrons. The minimum Gasteiger partial charge on any atom is -0.493 e. The first-order valence-corrected chi connectivity index (χ1v) is 8.27. The topological polar surface area (TPSA) is 76.7 Å². The van der Waals surface area contributed by atoms with Crippen LogP contribution in [0.2, 0.25) is 0 Å². The Labute approximate surface area is 153 Å². The molecule has 0 aliphatic heterocycles. The van der Waals surface area contributed by atoms with Gasteiger partial charge >= 0.3 is 0 Å². The molecule has 2 aromatic carbocycles. The van der Waals surface area contributed by atoms with Gasteiger partial charge in [-0.3, -0.25) is 9.59 Å². The number of methoxy groups -OCH3 is 2. The van der Waals surface area contributed by atoms with Crippen molar-refractivity contribution < 1.29 is 19.1 Å². The van der Waals surface area contributed by atoms with Crippen molar-refractivity contribution in [1.29, 1.82) is 0 Å². The van der Waals surface area contributed by atoms with Gasteiger partial charge in [-0.2, -0.15) is 0 Å². The van der Waals surface area contributed by atoms with Crippen molar-refractivity contribution in [2.24, 2.45) is 0 Å². The number of aryl methyl sites for hydroxylation is 2. The number of hydrogen-bond acceptors (Lipinski definition) is 4. The lowest BCUT2D eigenvalue weighted by atomic mass is 10.1. The second-order valence-corrected chi connectivity index (χ2v) is 5.96. The van der Waals surface area contributed by atoms with Gasteiger partial charge in [0.25, 0.3) is 5.91 Å². The number of benzene rings is 2. The molecule has 0 heterocycles. The molecule has 2 amide bonds. The first-order chi connectivity index (χ1) is 12.4. The van der Waals surface area contributed by atoms with E-state index in [1.165, 1.54) is 19.8 Å². The van der Waals surface area contributed by atoms with Crippen LogP contribution in [-0.2, 0) is 11.3 Å². The summed E-state index contributed by atoms with van der Waals surface area (Å²) >= 11 is 0. The zero-order valence-electron chi connectivity index (χ0n) is 15.5. The fraction of sp³-hybridized carbons (Fsp3) is 0.300. The Morgan fingerprint density at radius 2 is 1.65 bits per heavy atom. The van der Waals surface area contributed by atoms with Crippen LogP contribution in [0.15, 0.2) is 36.4 Å². The second kappa shape index (κ2) is 8.89. The molecule has 0 spiro atoms. The predicted molar refractivity (Wildman–Crippen MR) is 99.6 cm³/mol. The van der Waals surface area contributed by atoms with E-state index in [1.807, 2.05) is 26.0 Å². The van der Waals surface area contributed by atoms with E-state index < -0.39 is 0 Å². The van der Waals surface area contributed by atoms with Crippen LogP contribution in [0, 0.1) is 13.8 Å². The SMILES string of the molecule is COc1ccc(C(=O)NCC(=O)NCc2ccc(C)cc2C)cc1OC. The summed E-state index contributed by atoms with van der Waals surface area (Å²) in [6, 6.07) is 10.9. The van der Waals surface area contributed by atoms with Gasteiger partial charge in [0.1, 0.15) is 0 Å². The van der Waals surface area contributed by atoms with Crippen LogP contribution in [0.25, 0.3) is 0 Å². The van der Waals surface area contributed by atoms with Gasteiger partial charge in [0.15, 0.2) is 11.5 Å². The molecule has 2 N–H and O–H groups in total. The third-order valence-electron chi connectivity index (χ3n) is 4.03. The van der Waals surface area contributed by atoms with E-state index in [9.17, 15) is 9.59 Å². The van der Waals surface area contributed by atoms with E-state index in [2.05, 4.69) is 16.7 Å². The van der Waals surface area contributed by atoms with Gasteiger partial charge in [-0.1, -0.05) is 23.8 Å². The van der Waals surface area contributed by atoms with E-state index >= 15 is 0 Å². The molecule has 2 rings (SSSR count). The second-order valence-electron chi connectivity index (χ2n) is 5.96. The molecule has 0 unspecified atom stereocenters. The minimum absolute atomic E-state index is 0.0991. The number of nitrogens with one attached hydrogen (secondary N) is 2. The summed E-state index contributed by atoms with van der Waals surface area (Å²) in [4.78, 5) is 24.2. The summed E-state index contributed by atoms with van der Waals surface area (Å²) in [5, 5.41) is 5.41. The number of amides is 2. The van der Waals surface area contributed by atoms with E-state index in [0.717, 1.165) is 11.1 Å². The molecule has 138 valence electrons. The lowest BCUT2D eigenvalue weighted by Crippen LogP contribution is -2.36. The van der Waals surface area contributed by atoms with Gasteiger partial charge in [0, 0.05) is 12.1 Å². The summed E-state index contributed by atoms with van der Waals surface area (Å²) < 4.78 is 10.3. The highest BCUT2D eigenvalue weighted by Gasteiger charge is 2.12. The number of ether oxygens (including phenoxy) is 2. The maximum absolute atomic E-state index is 12.2. The van der Waals surface area contributed by atoms with Gasteiger partial charge in [-0.15, -0.1) is 0 Å². The highest BCUT2D eigenvalue weighted by molar-refractivity contribution is 5.97. The van der Waals surface area contributed by atoms with E-state index in [4.69, 9.17) is 9.47 Å². The molecule has 0 bridgehead atoms. The first-order valence-electron chi connectivity index (χ1n) is 8.27. The fourth-order valence-corrected chi connectivity index (χ4v) is 2.54. The Balaban J connectivity index is 1.87. The van der Waals surface area contributed by atoms with E-state index in [-0.39, 0.29) is 18.4 Å². The van der Waals surface area contributed by atoms with Crippen LogP contribution in [0.4, 0.5) is 0 Å². The summed E-state index contributed by atoms with van der Waals surface area (Å²) in [5.41, 5.74) is 3.75. The normalized spacial score (nSPS) is 10.2. The monoisotopic (exact) mass is 356 g/mol. The number of carbonyl (C=O) groups excluding carboxylic acids is 2. The Hall–Kier alpha value is -3.02. The van der Waals surface area contributed by atoms with Crippen LogP contribution in [0.5, 0.6) is 11.5 Å². The molecule has 6 heteroatoms. The maximum Gasteiger partial charge on any atom is 0.251 e. The Kier molecular flexibility index (Phi) is 6.60. The van der Waals surface area contributed by atoms with Gasteiger partial charge in [-0.05, 0) is 43.2 Å². The molecular weight excluding hydrogens is 332 g/mol. The summed E-state index contributed by atoms with van der Waals surface area (Å²) in [7, 11) is 3.03. The molecule has 6 nitrogen and oxygen atoms in total. The summed E-state index contributed by atoms with van der Waals surface area (Å²) in [6.45, 7) is 4.36. The minimum atomic E-state index is -0.354. The highest BCUT2D eigenvalue weighted by Crippen LogP contribution is 2.27. The first kappa shape index (κ1) is 19.3. The zero-order valence-corrected chi connectivity index (χ0v) is 15.5. The Bertz CT molecular complexity index is 802. The smallest absolute Gasteiger partial charge is 0.251 e. The maximum atomic E-state index is 12.2. The molecule has 0 saturated carbocycles. The lowest BCUT2D eigenvalue weighted by molar-refractivity contribution is -0.120. The number of rotatable bonds is 7. The van der Waals surface area contributed by atoms with Crippen LogP contribution in [-0.4, -0.2) is 32.6 Å². The highest BCUT2D eigenvalue weighted by atomic mass is 16.5. The van der Waals surface area contributed by atoms with Crippen molar-refractivity contribution in [3.8, 4) is 11.5 Å². The molecule has 2 aromatic rings. The van der Waals surface area contributed by atoms with E-state index in [1.54, 1.807) is 18.2 Å². The molecular formula is C20H24N2O4. The molecule has 0 aromatic heterocycles. The zero-order chi connectivity index (χ0) is 19.1. The molecule has 0 aliphatic carbocycles. The van der Waals surface area contributed by atoms with Crippen molar-refractivity contribution in [2.75, 3.05) is 20.8 Å². The quantitative estimate of drug-likeness (QED) is 0.798. The Morgan fingerprint density at radius 3 is 2.31 bits per heavy atom. The average molecular weight is 356 g/mol. The van der Waals surface area contributed by atoms with Gasteiger partial charge in [0.2, 0.25) is 5.91 Å². The van der Waals surface area contributed by atoms with Crippen molar-refractivity contribution in [3.63, 3.8) is 0 Å². The van der Waals surface area contributed by atoms with Crippen LogP contribution >= 0.6 is 0 Å². The van der Waals surface area contributed by atoms with Gasteiger partial charge < -0.3 is 20.1 Å². The largest absolute Gasteiger partial charge is 0.493 e. The average Bonchev–Trinajstić information content (AvgIpc) is 2.64. The van der Waals surface area contributed by atoms with Gasteiger partial charge in [0.05, 0.1) is 20.8 Å². The molecule has 0 atom stereocenters. The predicted octanol–water partition coefficient (Wildman–Crippen LogP) is 2.37. The van der Waals surface area contributed by atoms with Crippen LogP contribution in [0.3, 0.4) is 0 Å². The van der Waals surface area contributed by atoms with Crippen molar-refractivity contribution in [1.82, 2.24) is 10.6 Å². The Morgan fingerprint density at radius 1 is 0.923 bits per heavy atom. The third-order valence-corrected chi connectivity index (χ3v) is 4.03. The molecule has 0 fully saturated rings. The van der Waals surface area contributed by atoms with Crippen molar-refractivity contribution in [2.45, 2.75) is 20.4 Å². The van der Waals surface area contributed by atoms with E-state index in [0.29, 0.717) is 23.6 Å². The molecule has 26 heavy (non-hydrogen) atoms. The van der Waals surface area contributed by atoms with Crippen molar-refractivity contribution >= 4 is 11.8 Å². The van der Waals surface area contributed by atoms with Crippen molar-refractivity contribution in [3.05, 3.63) is 58.7 Å². The molecule has 0 saturated heterocycles. The summed E-state index contributed by atoms with van der Waals surface area (Å²) in [5.74, 6) is 0.390. The van der Waals surface area contributed by atoms with Gasteiger partial charge in [-0.25, -0.2) is 0 Å². The third kappa shape index (κ3) is 4.99. The lowest BCUT2D eigenvalue weighted by Gasteiger charge is -2.11. The molecule has 0 aliphatic rings. The van der Waals surface area contributed by atoms with Crippen LogP contribution < -0.4 is 20.1 Å². The van der Waals surface area contributed by atoms with Crippen LogP contribution in [0.1, 0.15) is 27.0 Å². The number of hydrogen-bond donors (Lipinski definition) is 2. The fourth-order valence-electron chi connectivity index (χ4n) is 2.54. The standard InChI is InChI=1S/C20H24N2O4/c1-13-5-6-16(14(2)9-13)11-21-19(23)12-22-20(24)15-7-8-17(25-3)18(10-15)26-4/h5-10H,11-12H2,1-4H3,(H,21,23)(H,22,24).